The minimum atomic E-state index is -0.157. The molecule has 0 aliphatic rings. The van der Waals surface area contributed by atoms with E-state index in [1.165, 1.54) is 17.2 Å². The van der Waals surface area contributed by atoms with Gasteiger partial charge in [-0.1, -0.05) is 60.7 Å². The predicted octanol–water partition coefficient (Wildman–Crippen LogP) is 5.92. The second kappa shape index (κ2) is 10.0. The van der Waals surface area contributed by atoms with E-state index in [0.29, 0.717) is 12.1 Å². The molecule has 3 aromatic carbocycles. The third-order valence-corrected chi connectivity index (χ3v) is 4.74. The van der Waals surface area contributed by atoms with Gasteiger partial charge in [0.2, 0.25) is 0 Å². The van der Waals surface area contributed by atoms with Gasteiger partial charge in [0.05, 0.1) is 6.10 Å². The van der Waals surface area contributed by atoms with Crippen LogP contribution in [-0.2, 0) is 6.54 Å². The van der Waals surface area contributed by atoms with E-state index in [4.69, 9.17) is 4.74 Å². The van der Waals surface area contributed by atoms with Crippen LogP contribution in [0.3, 0.4) is 0 Å². The van der Waals surface area contributed by atoms with Gasteiger partial charge in [0.25, 0.3) is 0 Å². The summed E-state index contributed by atoms with van der Waals surface area (Å²) in [6.07, 6.45) is 1.10. The van der Waals surface area contributed by atoms with Crippen LogP contribution in [0.25, 0.3) is 0 Å². The quantitative estimate of drug-likeness (QED) is 0.467. The van der Waals surface area contributed by atoms with Crippen molar-refractivity contribution in [3.63, 3.8) is 0 Å². The van der Waals surface area contributed by atoms with Crippen molar-refractivity contribution in [1.82, 2.24) is 5.32 Å². The minimum Gasteiger partial charge on any atom is -0.491 e. The van der Waals surface area contributed by atoms with Crippen LogP contribution in [0.2, 0.25) is 0 Å². The summed E-state index contributed by atoms with van der Waals surface area (Å²) in [6.45, 7) is 5.40. The van der Waals surface area contributed by atoms with Crippen molar-refractivity contribution < 1.29 is 9.13 Å². The molecule has 0 saturated carbocycles. The number of halogens is 1. The lowest BCUT2D eigenvalue weighted by Crippen LogP contribution is -2.18. The second-order valence-corrected chi connectivity index (χ2v) is 7.26. The third-order valence-electron chi connectivity index (χ3n) is 4.74. The molecule has 0 amide bonds. The largest absolute Gasteiger partial charge is 0.491 e. The molecule has 1 atom stereocenters. The highest BCUT2D eigenvalue weighted by molar-refractivity contribution is 5.36. The number of rotatable bonds is 9. The molecule has 0 heterocycles. The molecule has 0 aromatic heterocycles. The lowest BCUT2D eigenvalue weighted by atomic mass is 9.88. The van der Waals surface area contributed by atoms with E-state index < -0.39 is 0 Å². The monoisotopic (exact) mass is 377 g/mol. The Kier molecular flexibility index (Phi) is 7.21. The van der Waals surface area contributed by atoms with Crippen LogP contribution in [0.15, 0.2) is 78.9 Å². The van der Waals surface area contributed by atoms with E-state index in [1.807, 2.05) is 44.2 Å². The van der Waals surface area contributed by atoms with Crippen LogP contribution in [0.1, 0.15) is 42.9 Å². The average Bonchev–Trinajstić information content (AvgIpc) is 2.70. The van der Waals surface area contributed by atoms with Gasteiger partial charge in [0, 0.05) is 18.0 Å². The maximum absolute atomic E-state index is 13.8. The first kappa shape index (κ1) is 20.1. The van der Waals surface area contributed by atoms with E-state index >= 15 is 0 Å². The van der Waals surface area contributed by atoms with Crippen molar-refractivity contribution in [2.45, 2.75) is 38.8 Å². The number of ether oxygens (including phenoxy) is 1. The molecule has 3 aromatic rings. The maximum Gasteiger partial charge on any atom is 0.127 e. The number of hydrogen-bond donors (Lipinski definition) is 1. The maximum atomic E-state index is 13.8. The predicted molar refractivity (Wildman–Crippen MR) is 113 cm³/mol. The molecule has 0 fully saturated rings. The first-order chi connectivity index (χ1) is 13.6. The van der Waals surface area contributed by atoms with Crippen molar-refractivity contribution in [2.24, 2.45) is 0 Å². The summed E-state index contributed by atoms with van der Waals surface area (Å²) in [6, 6.07) is 25.8. The fraction of sp³-hybridized carbons (Fsp3) is 0.280. The van der Waals surface area contributed by atoms with Gasteiger partial charge in [0.1, 0.15) is 11.6 Å². The van der Waals surface area contributed by atoms with E-state index in [9.17, 15) is 4.39 Å². The van der Waals surface area contributed by atoms with Crippen LogP contribution in [-0.4, -0.2) is 12.6 Å². The fourth-order valence-electron chi connectivity index (χ4n) is 3.37. The van der Waals surface area contributed by atoms with E-state index in [2.05, 4.69) is 41.7 Å². The highest BCUT2D eigenvalue weighted by Crippen LogP contribution is 2.29. The lowest BCUT2D eigenvalue weighted by molar-refractivity contribution is 0.242. The molecule has 146 valence electrons. The lowest BCUT2D eigenvalue weighted by Gasteiger charge is -2.19. The highest BCUT2D eigenvalue weighted by Gasteiger charge is 2.14. The summed E-state index contributed by atoms with van der Waals surface area (Å²) in [5.74, 6) is 1.01. The summed E-state index contributed by atoms with van der Waals surface area (Å²) in [5.41, 5.74) is 3.25. The molecule has 0 saturated heterocycles. The molecular weight excluding hydrogens is 349 g/mol. The normalized spacial score (nSPS) is 12.1. The van der Waals surface area contributed by atoms with Crippen molar-refractivity contribution >= 4 is 0 Å². The van der Waals surface area contributed by atoms with Crippen molar-refractivity contribution in [3.8, 4) is 5.75 Å². The van der Waals surface area contributed by atoms with Gasteiger partial charge < -0.3 is 10.1 Å². The van der Waals surface area contributed by atoms with E-state index in [1.54, 1.807) is 6.07 Å². The molecular formula is C25H28FNO. The molecule has 0 unspecified atom stereocenters. The van der Waals surface area contributed by atoms with Gasteiger partial charge in [-0.05, 0) is 56.1 Å². The van der Waals surface area contributed by atoms with E-state index in [-0.39, 0.29) is 17.8 Å². The Balaban J connectivity index is 1.67. The number of benzene rings is 3. The first-order valence-electron chi connectivity index (χ1n) is 9.89. The van der Waals surface area contributed by atoms with Gasteiger partial charge in [-0.25, -0.2) is 4.39 Å². The SMILES string of the molecule is CC(C)Oc1ccc([C@@H](CCNCc2ccccc2F)c2ccccc2)cc1. The zero-order chi connectivity index (χ0) is 19.8. The van der Waals surface area contributed by atoms with Gasteiger partial charge >= 0.3 is 0 Å². The molecule has 0 aliphatic heterocycles. The van der Waals surface area contributed by atoms with E-state index in [0.717, 1.165) is 18.7 Å². The van der Waals surface area contributed by atoms with Crippen LogP contribution in [0.5, 0.6) is 5.75 Å². The van der Waals surface area contributed by atoms with Crippen molar-refractivity contribution in [3.05, 3.63) is 101 Å². The van der Waals surface area contributed by atoms with Gasteiger partial charge in [-0.2, -0.15) is 0 Å². The molecule has 3 rings (SSSR count). The summed E-state index contributed by atoms with van der Waals surface area (Å²) in [4.78, 5) is 0. The smallest absolute Gasteiger partial charge is 0.127 e. The third kappa shape index (κ3) is 5.67. The number of hydrogen-bond acceptors (Lipinski definition) is 2. The van der Waals surface area contributed by atoms with Gasteiger partial charge in [-0.15, -0.1) is 0 Å². The Hall–Kier alpha value is -2.65. The summed E-state index contributed by atoms with van der Waals surface area (Å²) < 4.78 is 19.5. The topological polar surface area (TPSA) is 21.3 Å². The molecule has 0 spiro atoms. The highest BCUT2D eigenvalue weighted by atomic mass is 19.1. The zero-order valence-corrected chi connectivity index (χ0v) is 16.6. The molecule has 0 radical (unpaired) electrons. The van der Waals surface area contributed by atoms with Crippen LogP contribution < -0.4 is 10.1 Å². The molecule has 1 N–H and O–H groups in total. The Bertz CT molecular complexity index is 846. The average molecular weight is 378 g/mol. The summed E-state index contributed by atoms with van der Waals surface area (Å²) >= 11 is 0. The molecule has 0 bridgehead atoms. The van der Waals surface area contributed by atoms with Gasteiger partial charge in [0.15, 0.2) is 0 Å². The Morgan fingerprint density at radius 3 is 2.14 bits per heavy atom. The molecule has 2 nitrogen and oxygen atoms in total. The van der Waals surface area contributed by atoms with Crippen LogP contribution >= 0.6 is 0 Å². The standard InChI is InChI=1S/C25H28FNO/c1-19(2)28-23-14-12-21(13-15-23)24(20-8-4-3-5-9-20)16-17-27-18-22-10-6-7-11-25(22)26/h3-15,19,24,27H,16-18H2,1-2H3/t24-/m0/s1. The van der Waals surface area contributed by atoms with Crippen LogP contribution in [0.4, 0.5) is 4.39 Å². The zero-order valence-electron chi connectivity index (χ0n) is 16.6. The summed E-state index contributed by atoms with van der Waals surface area (Å²) in [7, 11) is 0. The van der Waals surface area contributed by atoms with Crippen LogP contribution in [0, 0.1) is 5.82 Å². The number of nitrogens with one attached hydrogen (secondary N) is 1. The fourth-order valence-corrected chi connectivity index (χ4v) is 3.37. The van der Waals surface area contributed by atoms with Gasteiger partial charge in [-0.3, -0.25) is 0 Å². The first-order valence-corrected chi connectivity index (χ1v) is 9.89. The second-order valence-electron chi connectivity index (χ2n) is 7.26. The Morgan fingerprint density at radius 1 is 0.821 bits per heavy atom. The Labute approximate surface area is 167 Å². The Morgan fingerprint density at radius 2 is 1.46 bits per heavy atom. The van der Waals surface area contributed by atoms with Crippen molar-refractivity contribution in [2.75, 3.05) is 6.54 Å². The van der Waals surface area contributed by atoms with Crippen molar-refractivity contribution in [1.29, 1.82) is 0 Å². The molecule has 0 aliphatic carbocycles. The minimum absolute atomic E-state index is 0.157. The molecule has 28 heavy (non-hydrogen) atoms. The summed E-state index contributed by atoms with van der Waals surface area (Å²) in [5, 5.41) is 3.39. The molecule has 3 heteroatoms.